The normalized spacial score (nSPS) is 12.7. The van der Waals surface area contributed by atoms with Crippen LogP contribution in [0.2, 0.25) is 0 Å². The molecule has 0 radical (unpaired) electrons. The minimum absolute atomic E-state index is 0.0289. The lowest BCUT2D eigenvalue weighted by Gasteiger charge is -2.20. The summed E-state index contributed by atoms with van der Waals surface area (Å²) in [6.07, 6.45) is 0.981. The Morgan fingerprint density at radius 1 is 1.08 bits per heavy atom. The van der Waals surface area contributed by atoms with Crippen LogP contribution in [0.3, 0.4) is 0 Å². The van der Waals surface area contributed by atoms with Crippen LogP contribution in [0, 0.1) is 11.6 Å². The first-order chi connectivity index (χ1) is 18.4. The number of aromatic nitrogens is 4. The number of fused-ring (bicyclic) bond motifs is 2. The molecule has 2 heterocycles. The van der Waals surface area contributed by atoms with Crippen LogP contribution in [0.4, 0.5) is 14.6 Å². The Labute approximate surface area is 221 Å². The molecule has 0 unspecified atom stereocenters. The zero-order valence-corrected chi connectivity index (χ0v) is 22.0. The van der Waals surface area contributed by atoms with Crippen LogP contribution in [-0.4, -0.2) is 41.1 Å². The Morgan fingerprint density at radius 2 is 1.79 bits per heavy atom. The number of para-hydroxylation sites is 1. The highest BCUT2D eigenvalue weighted by Gasteiger charge is 2.23. The molecule has 2 aromatic heterocycles. The number of hydrogen-bond donors (Lipinski definition) is 2. The first-order valence-corrected chi connectivity index (χ1v) is 13.6. The van der Waals surface area contributed by atoms with E-state index in [2.05, 4.69) is 9.82 Å². The number of nitrogens with zero attached hydrogens (tertiary/aromatic N) is 4. The maximum Gasteiger partial charge on any atom is 0.266 e. The van der Waals surface area contributed by atoms with Crippen molar-refractivity contribution in [1.82, 2.24) is 19.3 Å². The summed E-state index contributed by atoms with van der Waals surface area (Å²) >= 11 is 0. The Kier molecular flexibility index (Phi) is 6.56. The first kappa shape index (κ1) is 26.3. The summed E-state index contributed by atoms with van der Waals surface area (Å²) < 4.78 is 62.1. The molecular formula is C26H24F2N6O4S. The van der Waals surface area contributed by atoms with E-state index in [1.165, 1.54) is 28.5 Å². The highest BCUT2D eigenvalue weighted by molar-refractivity contribution is 7.92. The minimum Gasteiger partial charge on any atom is -0.497 e. The second-order valence-electron chi connectivity index (χ2n) is 9.10. The van der Waals surface area contributed by atoms with Gasteiger partial charge in [-0.15, -0.1) is 0 Å². The van der Waals surface area contributed by atoms with Gasteiger partial charge in [0.1, 0.15) is 23.2 Å². The van der Waals surface area contributed by atoms with E-state index in [1.807, 2.05) is 0 Å². The van der Waals surface area contributed by atoms with E-state index >= 15 is 0 Å². The van der Waals surface area contributed by atoms with E-state index in [4.69, 9.17) is 15.5 Å². The molecule has 1 atom stereocenters. The number of methoxy groups -OCH3 is 1. The highest BCUT2D eigenvalue weighted by Crippen LogP contribution is 2.30. The number of aryl methyl sites for hydroxylation is 1. The molecule has 0 aliphatic rings. The Morgan fingerprint density at radius 3 is 2.46 bits per heavy atom. The Hall–Kier alpha value is -4.36. The molecule has 3 aromatic carbocycles. The molecule has 0 saturated carbocycles. The maximum absolute atomic E-state index is 14.0. The van der Waals surface area contributed by atoms with Gasteiger partial charge in [-0.1, -0.05) is 6.07 Å². The quantitative estimate of drug-likeness (QED) is 0.316. The zero-order chi connectivity index (χ0) is 28.1. The molecule has 0 spiro atoms. The molecule has 0 aliphatic carbocycles. The first-order valence-electron chi connectivity index (χ1n) is 11.7. The molecule has 202 valence electrons. The number of nitrogens with two attached hydrogens (primary N) is 1. The van der Waals surface area contributed by atoms with Crippen molar-refractivity contribution in [3.8, 4) is 11.4 Å². The van der Waals surface area contributed by atoms with Crippen LogP contribution in [0.1, 0.15) is 17.4 Å². The summed E-state index contributed by atoms with van der Waals surface area (Å²) in [4.78, 5) is 18.7. The number of nitrogens with one attached hydrogen (secondary N) is 1. The molecular weight excluding hydrogens is 530 g/mol. The molecule has 39 heavy (non-hydrogen) atoms. The van der Waals surface area contributed by atoms with Crippen molar-refractivity contribution >= 4 is 37.6 Å². The molecule has 5 rings (SSSR count). The fourth-order valence-electron chi connectivity index (χ4n) is 4.61. The fraction of sp³-hybridized carbons (Fsp3) is 0.192. The van der Waals surface area contributed by atoms with Gasteiger partial charge in [-0.2, -0.15) is 5.10 Å². The van der Waals surface area contributed by atoms with E-state index in [0.717, 1.165) is 12.3 Å². The van der Waals surface area contributed by atoms with Gasteiger partial charge in [0.25, 0.3) is 5.56 Å². The second kappa shape index (κ2) is 9.75. The largest absolute Gasteiger partial charge is 0.497 e. The van der Waals surface area contributed by atoms with E-state index in [-0.39, 0.29) is 29.0 Å². The van der Waals surface area contributed by atoms with Crippen LogP contribution >= 0.6 is 0 Å². The van der Waals surface area contributed by atoms with Gasteiger partial charge in [-0.25, -0.2) is 22.2 Å². The summed E-state index contributed by atoms with van der Waals surface area (Å²) in [5, 5.41) is 5.01. The van der Waals surface area contributed by atoms with Crippen LogP contribution in [-0.2, 0) is 23.5 Å². The van der Waals surface area contributed by atoms with Gasteiger partial charge in [-0.3, -0.25) is 18.8 Å². The third kappa shape index (κ3) is 5.05. The molecule has 0 fully saturated rings. The number of ether oxygens (including phenoxy) is 1. The van der Waals surface area contributed by atoms with Crippen molar-refractivity contribution in [2.24, 2.45) is 12.8 Å². The van der Waals surface area contributed by atoms with E-state index in [0.29, 0.717) is 27.9 Å². The molecule has 13 heteroatoms. The average molecular weight is 555 g/mol. The number of anilines is 1. The number of sulfonamides is 1. The summed E-state index contributed by atoms with van der Waals surface area (Å²) in [6, 6.07) is 11.9. The molecule has 0 saturated heterocycles. The molecule has 0 amide bonds. The van der Waals surface area contributed by atoms with E-state index in [1.54, 1.807) is 43.4 Å². The predicted octanol–water partition coefficient (Wildman–Crippen LogP) is 3.17. The SMILES string of the molecule is COc1ccc2c(=O)n(-c3cccc4c(NS(C)(=O)=O)nn(C)c34)c([C@@H](N)Cc3cc(F)cc(F)c3)nc2c1. The van der Waals surface area contributed by atoms with Crippen molar-refractivity contribution in [2.75, 3.05) is 18.1 Å². The van der Waals surface area contributed by atoms with Crippen LogP contribution in [0.15, 0.2) is 59.4 Å². The number of benzene rings is 3. The van der Waals surface area contributed by atoms with Crippen molar-refractivity contribution in [3.63, 3.8) is 0 Å². The van der Waals surface area contributed by atoms with Crippen molar-refractivity contribution in [2.45, 2.75) is 12.5 Å². The topological polar surface area (TPSA) is 134 Å². The third-order valence-corrected chi connectivity index (χ3v) is 6.74. The number of hydrogen-bond acceptors (Lipinski definition) is 7. The highest BCUT2D eigenvalue weighted by atomic mass is 32.2. The monoisotopic (exact) mass is 554 g/mol. The van der Waals surface area contributed by atoms with Gasteiger partial charge < -0.3 is 10.5 Å². The maximum atomic E-state index is 14.0. The van der Waals surface area contributed by atoms with Gasteiger partial charge in [-0.05, 0) is 48.4 Å². The molecule has 3 N–H and O–H groups in total. The number of rotatable bonds is 7. The van der Waals surface area contributed by atoms with Gasteiger partial charge in [0.15, 0.2) is 5.82 Å². The lowest BCUT2D eigenvalue weighted by Crippen LogP contribution is -2.30. The summed E-state index contributed by atoms with van der Waals surface area (Å²) in [5.41, 5.74) is 7.48. The van der Waals surface area contributed by atoms with E-state index in [9.17, 15) is 22.0 Å². The van der Waals surface area contributed by atoms with Crippen molar-refractivity contribution in [3.05, 3.63) is 88.0 Å². The van der Waals surface area contributed by atoms with Gasteiger partial charge >= 0.3 is 0 Å². The third-order valence-electron chi connectivity index (χ3n) is 6.18. The summed E-state index contributed by atoms with van der Waals surface area (Å²) in [7, 11) is -0.545. The predicted molar refractivity (Wildman–Crippen MR) is 144 cm³/mol. The second-order valence-corrected chi connectivity index (χ2v) is 10.9. The van der Waals surface area contributed by atoms with Gasteiger partial charge in [0, 0.05) is 24.6 Å². The van der Waals surface area contributed by atoms with Crippen LogP contribution in [0.25, 0.3) is 27.5 Å². The Bertz CT molecular complexity index is 1900. The Balaban J connectivity index is 1.78. The smallest absolute Gasteiger partial charge is 0.266 e. The zero-order valence-electron chi connectivity index (χ0n) is 21.1. The summed E-state index contributed by atoms with van der Waals surface area (Å²) in [6.45, 7) is 0. The van der Waals surface area contributed by atoms with Crippen LogP contribution in [0.5, 0.6) is 5.75 Å². The van der Waals surface area contributed by atoms with Crippen LogP contribution < -0.4 is 20.8 Å². The lowest BCUT2D eigenvalue weighted by molar-refractivity contribution is 0.415. The minimum atomic E-state index is -3.64. The summed E-state index contributed by atoms with van der Waals surface area (Å²) in [5.74, 6) is -0.821. The molecule has 5 aromatic rings. The van der Waals surface area contributed by atoms with Gasteiger partial charge in [0.05, 0.1) is 41.5 Å². The molecule has 0 bridgehead atoms. The van der Waals surface area contributed by atoms with Gasteiger partial charge in [0.2, 0.25) is 10.0 Å². The number of halogens is 2. The molecule has 0 aliphatic heterocycles. The average Bonchev–Trinajstić information content (AvgIpc) is 3.16. The molecule has 10 nitrogen and oxygen atoms in total. The fourth-order valence-corrected chi connectivity index (χ4v) is 5.12. The van der Waals surface area contributed by atoms with Crippen molar-refractivity contribution in [1.29, 1.82) is 0 Å². The van der Waals surface area contributed by atoms with E-state index < -0.39 is 33.3 Å². The van der Waals surface area contributed by atoms with Crippen molar-refractivity contribution < 1.29 is 21.9 Å². The standard InChI is InChI=1S/C26H24F2N6O4S/c1-33-23-19(24(31-33)32-39(3,36)37)5-4-6-22(23)34-25(20(29)11-14-9-15(27)12-16(28)10-14)30-21-13-17(38-2)7-8-18(21)26(34)35/h4-10,12-13,20H,11,29H2,1-3H3,(H,31,32)/t20-/m0/s1. The lowest BCUT2D eigenvalue weighted by atomic mass is 10.0.